The van der Waals surface area contributed by atoms with Gasteiger partial charge >= 0.3 is 0 Å². The highest BCUT2D eigenvalue weighted by Crippen LogP contribution is 2.44. The second kappa shape index (κ2) is 6.49. The highest BCUT2D eigenvalue weighted by molar-refractivity contribution is 5.46. The van der Waals surface area contributed by atoms with E-state index in [0.717, 1.165) is 24.3 Å². The molecule has 112 valence electrons. The summed E-state index contributed by atoms with van der Waals surface area (Å²) in [4.78, 5) is 0. The van der Waals surface area contributed by atoms with E-state index in [4.69, 9.17) is 9.47 Å². The summed E-state index contributed by atoms with van der Waals surface area (Å²) in [6.45, 7) is 4.58. The number of methoxy groups -OCH3 is 2. The van der Waals surface area contributed by atoms with E-state index in [9.17, 15) is 5.11 Å². The van der Waals surface area contributed by atoms with Crippen LogP contribution in [0.1, 0.15) is 44.8 Å². The van der Waals surface area contributed by atoms with E-state index in [0.29, 0.717) is 17.4 Å². The molecule has 0 amide bonds. The molecule has 1 fully saturated rings. The highest BCUT2D eigenvalue weighted by atomic mass is 16.5. The van der Waals surface area contributed by atoms with Crippen molar-refractivity contribution in [2.45, 2.75) is 39.2 Å². The van der Waals surface area contributed by atoms with Gasteiger partial charge in [-0.3, -0.25) is 0 Å². The summed E-state index contributed by atoms with van der Waals surface area (Å²) in [5.74, 6) is 3.11. The first-order chi connectivity index (χ1) is 9.58. The van der Waals surface area contributed by atoms with E-state index in [1.807, 2.05) is 18.2 Å². The largest absolute Gasteiger partial charge is 0.496 e. The Morgan fingerprint density at radius 2 is 1.65 bits per heavy atom. The molecule has 1 aliphatic carbocycles. The summed E-state index contributed by atoms with van der Waals surface area (Å²) in [5, 5.41) is 10.8. The molecule has 4 atom stereocenters. The molecule has 3 heteroatoms. The Kier molecular flexibility index (Phi) is 4.92. The molecule has 0 aliphatic heterocycles. The first-order valence-corrected chi connectivity index (χ1v) is 7.47. The van der Waals surface area contributed by atoms with Gasteiger partial charge in [-0.2, -0.15) is 0 Å². The predicted molar refractivity (Wildman–Crippen MR) is 80.2 cm³/mol. The number of hydrogen-bond donors (Lipinski definition) is 1. The lowest BCUT2D eigenvalue weighted by atomic mass is 9.72. The summed E-state index contributed by atoms with van der Waals surface area (Å²) in [5.41, 5.74) is 0.796. The van der Waals surface area contributed by atoms with Crippen molar-refractivity contribution in [3.8, 4) is 11.5 Å². The second-order valence-corrected chi connectivity index (χ2v) is 6.05. The van der Waals surface area contributed by atoms with Crippen LogP contribution in [0.5, 0.6) is 11.5 Å². The van der Waals surface area contributed by atoms with Gasteiger partial charge in [0.25, 0.3) is 0 Å². The summed E-state index contributed by atoms with van der Waals surface area (Å²) in [6, 6.07) is 5.66. The predicted octanol–water partition coefficient (Wildman–Crippen LogP) is 3.81. The smallest absolute Gasteiger partial charge is 0.128 e. The third-order valence-electron chi connectivity index (χ3n) is 4.85. The Morgan fingerprint density at radius 3 is 2.15 bits per heavy atom. The van der Waals surface area contributed by atoms with Gasteiger partial charge in [-0.05, 0) is 42.7 Å². The van der Waals surface area contributed by atoms with Crippen LogP contribution in [0.4, 0.5) is 0 Å². The molecule has 3 nitrogen and oxygen atoms in total. The number of benzene rings is 1. The van der Waals surface area contributed by atoms with Gasteiger partial charge < -0.3 is 14.6 Å². The number of aliphatic hydroxyl groups is 1. The van der Waals surface area contributed by atoms with E-state index in [1.165, 1.54) is 6.42 Å². The maximum Gasteiger partial charge on any atom is 0.128 e. The molecule has 0 saturated heterocycles. The van der Waals surface area contributed by atoms with Gasteiger partial charge in [0.05, 0.1) is 25.9 Å². The van der Waals surface area contributed by atoms with Crippen molar-refractivity contribution in [1.29, 1.82) is 0 Å². The molecule has 0 aromatic heterocycles. The topological polar surface area (TPSA) is 38.7 Å². The summed E-state index contributed by atoms with van der Waals surface area (Å²) < 4.78 is 10.8. The molecule has 0 heterocycles. The van der Waals surface area contributed by atoms with Crippen LogP contribution < -0.4 is 9.47 Å². The maximum atomic E-state index is 10.8. The minimum Gasteiger partial charge on any atom is -0.496 e. The Morgan fingerprint density at radius 1 is 1.05 bits per heavy atom. The van der Waals surface area contributed by atoms with Crippen LogP contribution in [0.3, 0.4) is 0 Å². The normalized spacial score (nSPS) is 27.9. The lowest BCUT2D eigenvalue weighted by Crippen LogP contribution is -2.25. The number of rotatable bonds is 4. The van der Waals surface area contributed by atoms with Crippen molar-refractivity contribution in [3.05, 3.63) is 23.8 Å². The quantitative estimate of drug-likeness (QED) is 0.910. The fraction of sp³-hybridized carbons (Fsp3) is 0.647. The Labute approximate surface area is 121 Å². The Hall–Kier alpha value is -1.22. The minimum absolute atomic E-state index is 0.284. The van der Waals surface area contributed by atoms with Crippen molar-refractivity contribution in [3.63, 3.8) is 0 Å². The number of hydrogen-bond acceptors (Lipinski definition) is 3. The molecule has 0 bridgehead atoms. The zero-order valence-electron chi connectivity index (χ0n) is 12.9. The van der Waals surface area contributed by atoms with Crippen LogP contribution in [0.25, 0.3) is 0 Å². The average molecular weight is 278 g/mol. The van der Waals surface area contributed by atoms with Crippen molar-refractivity contribution in [2.24, 2.45) is 17.8 Å². The molecule has 2 rings (SSSR count). The van der Waals surface area contributed by atoms with Gasteiger partial charge in [0.15, 0.2) is 0 Å². The third kappa shape index (κ3) is 2.93. The van der Waals surface area contributed by atoms with Gasteiger partial charge in [-0.25, -0.2) is 0 Å². The monoisotopic (exact) mass is 278 g/mol. The molecule has 0 spiro atoms. The molecule has 1 N–H and O–H groups in total. The van der Waals surface area contributed by atoms with Crippen LogP contribution in [0.2, 0.25) is 0 Å². The highest BCUT2D eigenvalue weighted by Gasteiger charge is 2.32. The fourth-order valence-electron chi connectivity index (χ4n) is 3.28. The molecule has 1 saturated carbocycles. The standard InChI is InChI=1S/C17H26O3/c1-11-8-9-13(10-12(11)2)17(18)16-14(19-3)6-5-7-15(16)20-4/h5-7,11-13,17-18H,8-10H2,1-4H3. The third-order valence-corrected chi connectivity index (χ3v) is 4.85. The van der Waals surface area contributed by atoms with E-state index in [1.54, 1.807) is 14.2 Å². The van der Waals surface area contributed by atoms with Gasteiger partial charge in [-0.15, -0.1) is 0 Å². The maximum absolute atomic E-state index is 10.8. The first kappa shape index (κ1) is 15.2. The second-order valence-electron chi connectivity index (χ2n) is 6.05. The molecule has 1 aromatic rings. The molecule has 0 radical (unpaired) electrons. The van der Waals surface area contributed by atoms with Crippen molar-refractivity contribution >= 4 is 0 Å². The van der Waals surface area contributed by atoms with E-state index >= 15 is 0 Å². The SMILES string of the molecule is COc1cccc(OC)c1C(O)C1CCC(C)C(C)C1. The first-order valence-electron chi connectivity index (χ1n) is 7.47. The van der Waals surface area contributed by atoms with Crippen molar-refractivity contribution in [1.82, 2.24) is 0 Å². The van der Waals surface area contributed by atoms with Crippen molar-refractivity contribution < 1.29 is 14.6 Å². The molecule has 1 aliphatic rings. The van der Waals surface area contributed by atoms with E-state index in [2.05, 4.69) is 13.8 Å². The van der Waals surface area contributed by atoms with E-state index < -0.39 is 6.10 Å². The summed E-state index contributed by atoms with van der Waals surface area (Å²) in [6.07, 6.45) is 2.79. The fourth-order valence-corrected chi connectivity index (χ4v) is 3.28. The summed E-state index contributed by atoms with van der Waals surface area (Å²) in [7, 11) is 3.27. The molecular formula is C17H26O3. The number of ether oxygens (including phenoxy) is 2. The Bertz CT molecular complexity index is 422. The Balaban J connectivity index is 2.26. The van der Waals surface area contributed by atoms with Crippen molar-refractivity contribution in [2.75, 3.05) is 14.2 Å². The lowest BCUT2D eigenvalue weighted by Gasteiger charge is -2.35. The van der Waals surface area contributed by atoms with Crippen LogP contribution in [0, 0.1) is 17.8 Å². The summed E-state index contributed by atoms with van der Waals surface area (Å²) >= 11 is 0. The zero-order chi connectivity index (χ0) is 14.7. The van der Waals surface area contributed by atoms with Crippen LogP contribution in [-0.4, -0.2) is 19.3 Å². The molecule has 4 unspecified atom stereocenters. The van der Waals surface area contributed by atoms with E-state index in [-0.39, 0.29) is 5.92 Å². The molecular weight excluding hydrogens is 252 g/mol. The van der Waals surface area contributed by atoms with Crippen LogP contribution in [0.15, 0.2) is 18.2 Å². The van der Waals surface area contributed by atoms with Gasteiger partial charge in [0.1, 0.15) is 11.5 Å². The minimum atomic E-state index is -0.518. The zero-order valence-corrected chi connectivity index (χ0v) is 12.9. The van der Waals surface area contributed by atoms with Gasteiger partial charge in [0.2, 0.25) is 0 Å². The lowest BCUT2D eigenvalue weighted by molar-refractivity contribution is 0.0526. The van der Waals surface area contributed by atoms with Gasteiger partial charge in [0, 0.05) is 0 Å². The average Bonchev–Trinajstić information content (AvgIpc) is 2.48. The number of aliphatic hydroxyl groups excluding tert-OH is 1. The van der Waals surface area contributed by atoms with Crippen LogP contribution in [-0.2, 0) is 0 Å². The van der Waals surface area contributed by atoms with Crippen LogP contribution >= 0.6 is 0 Å². The molecule has 1 aromatic carbocycles. The van der Waals surface area contributed by atoms with Gasteiger partial charge in [-0.1, -0.05) is 26.3 Å². The molecule has 20 heavy (non-hydrogen) atoms.